The van der Waals surface area contributed by atoms with Gasteiger partial charge >= 0.3 is 0 Å². The fraction of sp³-hybridized carbons (Fsp3) is 0.455. The first kappa shape index (κ1) is 10.1. The summed E-state index contributed by atoms with van der Waals surface area (Å²) in [6.07, 6.45) is 3.82. The van der Waals surface area contributed by atoms with Crippen LogP contribution in [-0.4, -0.2) is 5.54 Å². The molecule has 1 fully saturated rings. The number of rotatable bonds is 2. The number of anilines is 2. The molecule has 14 heavy (non-hydrogen) atoms. The molecule has 3 N–H and O–H groups in total. The summed E-state index contributed by atoms with van der Waals surface area (Å²) >= 11 is 2.27. The molecule has 1 saturated carbocycles. The highest BCUT2D eigenvalue weighted by Crippen LogP contribution is 2.36. The molecule has 0 unspecified atom stereocenters. The van der Waals surface area contributed by atoms with E-state index >= 15 is 0 Å². The van der Waals surface area contributed by atoms with E-state index in [1.165, 1.54) is 22.8 Å². The minimum absolute atomic E-state index is 0.279. The maximum atomic E-state index is 5.94. The molecular weight excluding hydrogens is 287 g/mol. The van der Waals surface area contributed by atoms with Gasteiger partial charge in [0.1, 0.15) is 0 Å². The fourth-order valence-corrected chi connectivity index (χ4v) is 2.32. The summed E-state index contributed by atoms with van der Waals surface area (Å²) in [5.74, 6) is 0. The quantitative estimate of drug-likeness (QED) is 0.650. The van der Waals surface area contributed by atoms with Crippen LogP contribution in [0.5, 0.6) is 0 Å². The summed E-state index contributed by atoms with van der Waals surface area (Å²) < 4.78 is 1.18. The van der Waals surface area contributed by atoms with Crippen LogP contribution in [0.4, 0.5) is 11.4 Å². The molecule has 0 spiro atoms. The van der Waals surface area contributed by atoms with E-state index in [4.69, 9.17) is 5.73 Å². The molecule has 0 saturated heterocycles. The van der Waals surface area contributed by atoms with Gasteiger partial charge < -0.3 is 11.1 Å². The summed E-state index contributed by atoms with van der Waals surface area (Å²) in [5, 5.41) is 3.52. The average molecular weight is 302 g/mol. The molecule has 0 heterocycles. The first-order valence-corrected chi connectivity index (χ1v) is 6.00. The van der Waals surface area contributed by atoms with Crippen LogP contribution in [-0.2, 0) is 0 Å². The van der Waals surface area contributed by atoms with Crippen LogP contribution >= 0.6 is 22.6 Å². The van der Waals surface area contributed by atoms with E-state index in [0.29, 0.717) is 0 Å². The largest absolute Gasteiger partial charge is 0.397 e. The molecule has 1 aliphatic rings. The second kappa shape index (κ2) is 3.61. The van der Waals surface area contributed by atoms with Crippen molar-refractivity contribution in [1.29, 1.82) is 0 Å². The second-order valence-corrected chi connectivity index (χ2v) is 5.52. The molecule has 76 valence electrons. The van der Waals surface area contributed by atoms with Crippen LogP contribution in [0.15, 0.2) is 18.2 Å². The molecule has 0 aliphatic heterocycles. The SMILES string of the molecule is CC1(Nc2ccc(I)cc2N)CCC1. The molecule has 1 aromatic carbocycles. The smallest absolute Gasteiger partial charge is 0.0578 e. The van der Waals surface area contributed by atoms with Crippen molar-refractivity contribution in [1.82, 2.24) is 0 Å². The summed E-state index contributed by atoms with van der Waals surface area (Å²) in [4.78, 5) is 0. The topological polar surface area (TPSA) is 38.0 Å². The lowest BCUT2D eigenvalue weighted by atomic mass is 9.78. The number of hydrogen-bond acceptors (Lipinski definition) is 2. The van der Waals surface area contributed by atoms with Crippen LogP contribution in [0.3, 0.4) is 0 Å². The molecule has 0 atom stereocenters. The molecule has 2 nitrogen and oxygen atoms in total. The zero-order chi connectivity index (χ0) is 10.2. The Morgan fingerprint density at radius 3 is 2.64 bits per heavy atom. The van der Waals surface area contributed by atoms with Crippen molar-refractivity contribution in [3.63, 3.8) is 0 Å². The summed E-state index contributed by atoms with van der Waals surface area (Å²) in [6.45, 7) is 2.26. The van der Waals surface area contributed by atoms with Gasteiger partial charge in [0.2, 0.25) is 0 Å². The lowest BCUT2D eigenvalue weighted by Crippen LogP contribution is -2.41. The van der Waals surface area contributed by atoms with Crippen molar-refractivity contribution in [3.05, 3.63) is 21.8 Å². The molecule has 1 aliphatic carbocycles. The maximum Gasteiger partial charge on any atom is 0.0578 e. The number of nitrogen functional groups attached to an aromatic ring is 1. The monoisotopic (exact) mass is 302 g/mol. The Morgan fingerprint density at radius 2 is 2.14 bits per heavy atom. The highest BCUT2D eigenvalue weighted by Gasteiger charge is 2.31. The Morgan fingerprint density at radius 1 is 1.43 bits per heavy atom. The molecule has 0 amide bonds. The Hall–Kier alpha value is -0.450. The Kier molecular flexibility index (Phi) is 2.60. The van der Waals surface area contributed by atoms with Crippen LogP contribution in [0.2, 0.25) is 0 Å². The standard InChI is InChI=1S/C11H15IN2/c1-11(5-2-6-11)14-10-4-3-8(12)7-9(10)13/h3-4,7,14H,2,5-6,13H2,1H3. The first-order chi connectivity index (χ1) is 6.59. The Labute approximate surface area is 98.4 Å². The van der Waals surface area contributed by atoms with Crippen molar-refractivity contribution in [2.75, 3.05) is 11.1 Å². The predicted molar refractivity (Wildman–Crippen MR) is 69.5 cm³/mol. The zero-order valence-electron chi connectivity index (χ0n) is 8.31. The van der Waals surface area contributed by atoms with E-state index in [-0.39, 0.29) is 5.54 Å². The van der Waals surface area contributed by atoms with Crippen LogP contribution in [0.1, 0.15) is 26.2 Å². The normalized spacial score (nSPS) is 18.7. The number of hydrogen-bond donors (Lipinski definition) is 2. The average Bonchev–Trinajstić information content (AvgIpc) is 2.07. The lowest BCUT2D eigenvalue weighted by Gasteiger charge is -2.40. The number of nitrogens with two attached hydrogens (primary N) is 1. The number of halogens is 1. The van der Waals surface area contributed by atoms with Crippen LogP contribution in [0, 0.1) is 3.57 Å². The molecule has 0 radical (unpaired) electrons. The van der Waals surface area contributed by atoms with E-state index in [0.717, 1.165) is 11.4 Å². The van der Waals surface area contributed by atoms with Crippen molar-refractivity contribution >= 4 is 34.0 Å². The lowest BCUT2D eigenvalue weighted by molar-refractivity contribution is 0.307. The molecular formula is C11H15IN2. The van der Waals surface area contributed by atoms with E-state index in [1.807, 2.05) is 6.07 Å². The van der Waals surface area contributed by atoms with Crippen LogP contribution in [0.25, 0.3) is 0 Å². The van der Waals surface area contributed by atoms with Gasteiger partial charge in [-0.1, -0.05) is 0 Å². The van der Waals surface area contributed by atoms with E-state index < -0.39 is 0 Å². The van der Waals surface area contributed by atoms with E-state index in [2.05, 4.69) is 47.0 Å². The molecule has 3 heteroatoms. The highest BCUT2D eigenvalue weighted by molar-refractivity contribution is 14.1. The van der Waals surface area contributed by atoms with Crippen molar-refractivity contribution in [2.45, 2.75) is 31.7 Å². The minimum Gasteiger partial charge on any atom is -0.397 e. The van der Waals surface area contributed by atoms with Crippen molar-refractivity contribution in [2.24, 2.45) is 0 Å². The van der Waals surface area contributed by atoms with Gasteiger partial charge in [-0.3, -0.25) is 0 Å². The van der Waals surface area contributed by atoms with Gasteiger partial charge in [-0.2, -0.15) is 0 Å². The van der Waals surface area contributed by atoms with E-state index in [1.54, 1.807) is 0 Å². The summed E-state index contributed by atoms with van der Waals surface area (Å²) in [5.41, 5.74) is 8.15. The summed E-state index contributed by atoms with van der Waals surface area (Å²) in [7, 11) is 0. The van der Waals surface area contributed by atoms with Gasteiger partial charge in [0.25, 0.3) is 0 Å². The van der Waals surface area contributed by atoms with Gasteiger partial charge in [-0.15, -0.1) is 0 Å². The number of nitrogens with one attached hydrogen (secondary N) is 1. The third-order valence-corrected chi connectivity index (χ3v) is 3.58. The van der Waals surface area contributed by atoms with Gasteiger partial charge in [0, 0.05) is 9.11 Å². The van der Waals surface area contributed by atoms with Gasteiger partial charge in [0.05, 0.1) is 11.4 Å². The third-order valence-electron chi connectivity index (χ3n) is 2.91. The third kappa shape index (κ3) is 1.97. The Bertz CT molecular complexity index is 345. The highest BCUT2D eigenvalue weighted by atomic mass is 127. The zero-order valence-corrected chi connectivity index (χ0v) is 10.5. The molecule has 1 aromatic rings. The number of benzene rings is 1. The van der Waals surface area contributed by atoms with Gasteiger partial charge in [0.15, 0.2) is 0 Å². The Balaban J connectivity index is 2.16. The van der Waals surface area contributed by atoms with Crippen molar-refractivity contribution in [3.8, 4) is 0 Å². The van der Waals surface area contributed by atoms with Crippen LogP contribution < -0.4 is 11.1 Å². The van der Waals surface area contributed by atoms with E-state index in [9.17, 15) is 0 Å². The van der Waals surface area contributed by atoms with Crippen molar-refractivity contribution < 1.29 is 0 Å². The van der Waals surface area contributed by atoms with Gasteiger partial charge in [-0.25, -0.2) is 0 Å². The molecule has 0 aromatic heterocycles. The minimum atomic E-state index is 0.279. The second-order valence-electron chi connectivity index (χ2n) is 4.27. The first-order valence-electron chi connectivity index (χ1n) is 4.92. The maximum absolute atomic E-state index is 5.94. The summed E-state index contributed by atoms with van der Waals surface area (Å²) in [6, 6.07) is 6.16. The molecule has 2 rings (SSSR count). The van der Waals surface area contributed by atoms with Gasteiger partial charge in [-0.05, 0) is 67.0 Å². The molecule has 0 bridgehead atoms. The fourth-order valence-electron chi connectivity index (χ4n) is 1.80. The predicted octanol–water partition coefficient (Wildman–Crippen LogP) is 3.23.